The highest BCUT2D eigenvalue weighted by molar-refractivity contribution is 6.31. The molecule has 2 N–H and O–H groups in total. The van der Waals surface area contributed by atoms with E-state index in [0.29, 0.717) is 22.6 Å². The Morgan fingerprint density at radius 3 is 2.71 bits per heavy atom. The van der Waals surface area contributed by atoms with Gasteiger partial charge in [-0.1, -0.05) is 17.7 Å². The van der Waals surface area contributed by atoms with E-state index in [4.69, 9.17) is 11.6 Å². The van der Waals surface area contributed by atoms with Crippen LogP contribution in [0, 0.1) is 6.92 Å². The summed E-state index contributed by atoms with van der Waals surface area (Å²) in [5.41, 5.74) is 1.89. The van der Waals surface area contributed by atoms with Crippen molar-refractivity contribution in [1.29, 1.82) is 0 Å². The zero-order valence-electron chi connectivity index (χ0n) is 11.6. The van der Waals surface area contributed by atoms with Crippen molar-refractivity contribution in [2.45, 2.75) is 25.8 Å². The van der Waals surface area contributed by atoms with E-state index in [9.17, 15) is 4.79 Å². The number of rotatable bonds is 4. The Morgan fingerprint density at radius 2 is 2.05 bits per heavy atom. The second-order valence-electron chi connectivity index (χ2n) is 5.14. The number of carbonyl (C=O) groups excluding carboxylic acids is 1. The summed E-state index contributed by atoms with van der Waals surface area (Å²) < 4.78 is 0. The van der Waals surface area contributed by atoms with Crippen molar-refractivity contribution in [3.05, 3.63) is 46.6 Å². The average molecular weight is 303 g/mol. The lowest BCUT2D eigenvalue weighted by Gasteiger charge is -2.08. The highest BCUT2D eigenvalue weighted by atomic mass is 35.5. The van der Waals surface area contributed by atoms with E-state index >= 15 is 0 Å². The third kappa shape index (κ3) is 3.49. The molecule has 1 aliphatic rings. The summed E-state index contributed by atoms with van der Waals surface area (Å²) in [4.78, 5) is 12.1. The first kappa shape index (κ1) is 13.8. The Balaban J connectivity index is 1.70. The van der Waals surface area contributed by atoms with Gasteiger partial charge in [-0.25, -0.2) is 0 Å². The van der Waals surface area contributed by atoms with Gasteiger partial charge in [-0.3, -0.25) is 4.79 Å². The SMILES string of the molecule is Cc1ccc(Cl)cc1NC(=O)c1ccc(NC2CC2)nn1. The Labute approximate surface area is 127 Å². The molecule has 1 aliphatic carbocycles. The highest BCUT2D eigenvalue weighted by Gasteiger charge is 2.21. The maximum Gasteiger partial charge on any atom is 0.276 e. The van der Waals surface area contributed by atoms with Crippen LogP contribution in [-0.2, 0) is 0 Å². The smallest absolute Gasteiger partial charge is 0.276 e. The lowest BCUT2D eigenvalue weighted by atomic mass is 10.2. The zero-order chi connectivity index (χ0) is 14.8. The van der Waals surface area contributed by atoms with Crippen molar-refractivity contribution in [1.82, 2.24) is 10.2 Å². The molecule has 0 aliphatic heterocycles. The Morgan fingerprint density at radius 1 is 1.24 bits per heavy atom. The third-order valence-electron chi connectivity index (χ3n) is 3.27. The number of hydrogen-bond acceptors (Lipinski definition) is 4. The molecule has 2 aromatic rings. The fraction of sp³-hybridized carbons (Fsp3) is 0.267. The van der Waals surface area contributed by atoms with Gasteiger partial charge in [0.25, 0.3) is 5.91 Å². The van der Waals surface area contributed by atoms with E-state index in [1.54, 1.807) is 24.3 Å². The van der Waals surface area contributed by atoms with Gasteiger partial charge in [0.15, 0.2) is 5.69 Å². The molecule has 0 unspecified atom stereocenters. The first-order valence-electron chi connectivity index (χ1n) is 6.79. The highest BCUT2D eigenvalue weighted by Crippen LogP contribution is 2.23. The van der Waals surface area contributed by atoms with Crippen molar-refractivity contribution in [3.8, 4) is 0 Å². The van der Waals surface area contributed by atoms with E-state index in [2.05, 4.69) is 20.8 Å². The van der Waals surface area contributed by atoms with Crippen molar-refractivity contribution < 1.29 is 4.79 Å². The predicted molar refractivity (Wildman–Crippen MR) is 82.8 cm³/mol. The van der Waals surface area contributed by atoms with Crippen molar-refractivity contribution in [2.75, 3.05) is 10.6 Å². The minimum absolute atomic E-state index is 0.274. The monoisotopic (exact) mass is 302 g/mol. The molecule has 0 bridgehead atoms. The number of carbonyl (C=O) groups is 1. The maximum absolute atomic E-state index is 12.1. The molecule has 6 heteroatoms. The normalized spacial score (nSPS) is 13.8. The number of amides is 1. The number of nitrogens with one attached hydrogen (secondary N) is 2. The van der Waals surface area contributed by atoms with Gasteiger partial charge in [-0.15, -0.1) is 10.2 Å². The van der Waals surface area contributed by atoms with Gasteiger partial charge in [-0.05, 0) is 49.6 Å². The molecule has 1 aromatic carbocycles. The second kappa shape index (κ2) is 5.69. The van der Waals surface area contributed by atoms with Crippen LogP contribution < -0.4 is 10.6 Å². The average Bonchev–Trinajstić information content (AvgIpc) is 3.27. The Hall–Kier alpha value is -2.14. The predicted octanol–water partition coefficient (Wildman–Crippen LogP) is 3.27. The van der Waals surface area contributed by atoms with Gasteiger partial charge in [0.1, 0.15) is 5.82 Å². The van der Waals surface area contributed by atoms with Crippen LogP contribution in [0.4, 0.5) is 11.5 Å². The molecule has 1 aromatic heterocycles. The van der Waals surface area contributed by atoms with Crippen molar-refractivity contribution >= 4 is 29.0 Å². The summed E-state index contributed by atoms with van der Waals surface area (Å²) in [6.45, 7) is 1.90. The third-order valence-corrected chi connectivity index (χ3v) is 3.51. The number of benzene rings is 1. The molecule has 1 heterocycles. The molecular formula is C15H15ClN4O. The summed E-state index contributed by atoms with van der Waals surface area (Å²) in [6, 6.07) is 9.29. The van der Waals surface area contributed by atoms with E-state index < -0.39 is 0 Å². The number of aromatic nitrogens is 2. The molecule has 1 fully saturated rings. The molecule has 108 valence electrons. The largest absolute Gasteiger partial charge is 0.366 e. The van der Waals surface area contributed by atoms with Gasteiger partial charge in [0.2, 0.25) is 0 Å². The number of aryl methyl sites for hydroxylation is 1. The first-order valence-corrected chi connectivity index (χ1v) is 7.17. The number of anilines is 2. The van der Waals surface area contributed by atoms with Gasteiger partial charge in [0.05, 0.1) is 0 Å². The number of nitrogens with zero attached hydrogens (tertiary/aromatic N) is 2. The number of halogens is 1. The van der Waals surface area contributed by atoms with Gasteiger partial charge in [0, 0.05) is 16.8 Å². The van der Waals surface area contributed by atoms with Crippen LogP contribution in [-0.4, -0.2) is 22.1 Å². The summed E-state index contributed by atoms with van der Waals surface area (Å²) in [7, 11) is 0. The van der Waals surface area contributed by atoms with Crippen LogP contribution in [0.3, 0.4) is 0 Å². The molecule has 1 amide bonds. The molecule has 0 saturated heterocycles. The van der Waals surface area contributed by atoms with Crippen molar-refractivity contribution in [2.24, 2.45) is 0 Å². The quantitative estimate of drug-likeness (QED) is 0.909. The fourth-order valence-electron chi connectivity index (χ4n) is 1.88. The van der Waals surface area contributed by atoms with Crippen LogP contribution in [0.5, 0.6) is 0 Å². The summed E-state index contributed by atoms with van der Waals surface area (Å²) in [6.07, 6.45) is 2.33. The van der Waals surface area contributed by atoms with Crippen LogP contribution >= 0.6 is 11.6 Å². The van der Waals surface area contributed by atoms with E-state index in [0.717, 1.165) is 18.4 Å². The van der Waals surface area contributed by atoms with Crippen LogP contribution in [0.2, 0.25) is 5.02 Å². The molecular weight excluding hydrogens is 288 g/mol. The van der Waals surface area contributed by atoms with Crippen LogP contribution in [0.25, 0.3) is 0 Å². The molecule has 1 saturated carbocycles. The number of hydrogen-bond donors (Lipinski definition) is 2. The van der Waals surface area contributed by atoms with Gasteiger partial charge < -0.3 is 10.6 Å². The van der Waals surface area contributed by atoms with Crippen LogP contribution in [0.15, 0.2) is 30.3 Å². The summed E-state index contributed by atoms with van der Waals surface area (Å²) in [5.74, 6) is 0.402. The zero-order valence-corrected chi connectivity index (χ0v) is 12.3. The van der Waals surface area contributed by atoms with Gasteiger partial charge in [-0.2, -0.15) is 0 Å². The topological polar surface area (TPSA) is 66.9 Å². The molecule has 3 rings (SSSR count). The van der Waals surface area contributed by atoms with E-state index in [1.807, 2.05) is 13.0 Å². The Kier molecular flexibility index (Phi) is 3.75. The fourth-order valence-corrected chi connectivity index (χ4v) is 2.05. The lowest BCUT2D eigenvalue weighted by Crippen LogP contribution is -2.15. The molecule has 0 radical (unpaired) electrons. The molecule has 21 heavy (non-hydrogen) atoms. The molecule has 0 atom stereocenters. The van der Waals surface area contributed by atoms with Crippen LogP contribution in [0.1, 0.15) is 28.9 Å². The van der Waals surface area contributed by atoms with E-state index in [-0.39, 0.29) is 11.6 Å². The van der Waals surface area contributed by atoms with Gasteiger partial charge >= 0.3 is 0 Å². The maximum atomic E-state index is 12.1. The lowest BCUT2D eigenvalue weighted by molar-refractivity contribution is 0.102. The summed E-state index contributed by atoms with van der Waals surface area (Å²) in [5, 5.41) is 14.6. The minimum Gasteiger partial charge on any atom is -0.366 e. The minimum atomic E-state index is -0.300. The first-order chi connectivity index (χ1) is 10.1. The van der Waals surface area contributed by atoms with Crippen molar-refractivity contribution in [3.63, 3.8) is 0 Å². The van der Waals surface area contributed by atoms with E-state index in [1.165, 1.54) is 0 Å². The summed E-state index contributed by atoms with van der Waals surface area (Å²) >= 11 is 5.93. The standard InChI is InChI=1S/C15H15ClN4O/c1-9-2-3-10(16)8-13(9)18-15(21)12-6-7-14(20-19-12)17-11-4-5-11/h2-3,6-8,11H,4-5H2,1H3,(H,17,20)(H,18,21). The second-order valence-corrected chi connectivity index (χ2v) is 5.57. The Bertz CT molecular complexity index is 668. The molecule has 5 nitrogen and oxygen atoms in total. The molecule has 0 spiro atoms.